The van der Waals surface area contributed by atoms with Crippen molar-refractivity contribution in [2.75, 3.05) is 13.1 Å². The zero-order valence-corrected chi connectivity index (χ0v) is 15.4. The van der Waals surface area contributed by atoms with Gasteiger partial charge in [-0.25, -0.2) is 4.68 Å². The molecule has 1 N–H and O–H groups in total. The maximum atomic E-state index is 13.2. The van der Waals surface area contributed by atoms with E-state index in [0.717, 1.165) is 16.8 Å². The summed E-state index contributed by atoms with van der Waals surface area (Å²) >= 11 is 0. The topological polar surface area (TPSA) is 58.4 Å². The van der Waals surface area contributed by atoms with E-state index in [1.807, 2.05) is 66.6 Å². The zero-order chi connectivity index (χ0) is 18.8. The molecular weight excluding hydrogens is 338 g/mol. The van der Waals surface area contributed by atoms with Crippen molar-refractivity contribution in [1.29, 1.82) is 0 Å². The van der Waals surface area contributed by atoms with E-state index in [-0.39, 0.29) is 12.0 Å². The minimum absolute atomic E-state index is 0.0272. The molecule has 0 saturated carbocycles. The summed E-state index contributed by atoms with van der Waals surface area (Å²) in [6, 6.07) is 17.9. The molecule has 0 unspecified atom stereocenters. The Kier molecular flexibility index (Phi) is 4.77. The van der Waals surface area contributed by atoms with Gasteiger partial charge in [-0.3, -0.25) is 4.79 Å². The van der Waals surface area contributed by atoms with E-state index in [0.29, 0.717) is 37.2 Å². The molecule has 5 nitrogen and oxygen atoms in total. The zero-order valence-electron chi connectivity index (χ0n) is 15.4. The molecule has 0 aliphatic carbocycles. The number of carbonyl (C=O) groups is 1. The molecule has 0 spiro atoms. The number of aliphatic hydroxyl groups excluding tert-OH is 1. The summed E-state index contributed by atoms with van der Waals surface area (Å²) in [5.74, 6) is -0.0272. The van der Waals surface area contributed by atoms with Gasteiger partial charge in [0.2, 0.25) is 0 Å². The number of hydrogen-bond acceptors (Lipinski definition) is 3. The number of nitrogens with zero attached hydrogens (tertiary/aromatic N) is 3. The van der Waals surface area contributed by atoms with E-state index in [4.69, 9.17) is 5.10 Å². The molecule has 4 rings (SSSR count). The molecule has 0 radical (unpaired) electrons. The lowest BCUT2D eigenvalue weighted by atomic mass is 10.0. The largest absolute Gasteiger partial charge is 0.393 e. The van der Waals surface area contributed by atoms with Crippen LogP contribution in [0.2, 0.25) is 0 Å². The van der Waals surface area contributed by atoms with Crippen LogP contribution >= 0.6 is 0 Å². The number of hydrogen-bond donors (Lipinski definition) is 1. The number of aliphatic hydroxyl groups is 1. The predicted molar refractivity (Wildman–Crippen MR) is 105 cm³/mol. The number of rotatable bonds is 3. The van der Waals surface area contributed by atoms with Gasteiger partial charge >= 0.3 is 0 Å². The van der Waals surface area contributed by atoms with Crippen molar-refractivity contribution in [3.63, 3.8) is 0 Å². The highest BCUT2D eigenvalue weighted by Crippen LogP contribution is 2.26. The lowest BCUT2D eigenvalue weighted by molar-refractivity contribution is 0.0547. The van der Waals surface area contributed by atoms with E-state index < -0.39 is 0 Å². The number of piperidine rings is 1. The van der Waals surface area contributed by atoms with Crippen molar-refractivity contribution in [3.05, 3.63) is 71.9 Å². The molecule has 138 valence electrons. The normalized spacial score (nSPS) is 15.1. The van der Waals surface area contributed by atoms with Gasteiger partial charge in [-0.05, 0) is 38.0 Å². The van der Waals surface area contributed by atoms with Crippen molar-refractivity contribution in [3.8, 4) is 16.9 Å². The van der Waals surface area contributed by atoms with Crippen LogP contribution in [0.4, 0.5) is 0 Å². The van der Waals surface area contributed by atoms with E-state index in [1.54, 1.807) is 4.68 Å². The number of para-hydroxylation sites is 1. The lowest BCUT2D eigenvalue weighted by Crippen LogP contribution is -2.40. The molecule has 0 atom stereocenters. The van der Waals surface area contributed by atoms with Gasteiger partial charge in [0.1, 0.15) is 5.69 Å². The molecule has 1 saturated heterocycles. The number of likely N-dealkylation sites (tertiary alicyclic amines) is 1. The first-order chi connectivity index (χ1) is 13.1. The summed E-state index contributed by atoms with van der Waals surface area (Å²) < 4.78 is 1.77. The molecule has 1 amide bonds. The van der Waals surface area contributed by atoms with Crippen molar-refractivity contribution in [1.82, 2.24) is 14.7 Å². The molecular formula is C22H23N3O2. The number of amides is 1. The highest BCUT2D eigenvalue weighted by molar-refractivity contribution is 6.00. The van der Waals surface area contributed by atoms with Crippen LogP contribution in [0.15, 0.2) is 60.8 Å². The van der Waals surface area contributed by atoms with Gasteiger partial charge in [0, 0.05) is 24.8 Å². The number of aryl methyl sites for hydroxylation is 1. The Morgan fingerprint density at radius 2 is 1.81 bits per heavy atom. The smallest absolute Gasteiger partial charge is 0.257 e. The minimum Gasteiger partial charge on any atom is -0.393 e. The predicted octanol–water partition coefficient (Wildman–Crippen LogP) is 3.44. The van der Waals surface area contributed by atoms with Crippen molar-refractivity contribution < 1.29 is 9.90 Å². The summed E-state index contributed by atoms with van der Waals surface area (Å²) in [5, 5.41) is 14.5. The van der Waals surface area contributed by atoms with E-state index in [9.17, 15) is 9.90 Å². The summed E-state index contributed by atoms with van der Waals surface area (Å²) in [6.45, 7) is 3.18. The molecule has 2 heterocycles. The maximum Gasteiger partial charge on any atom is 0.257 e. The Balaban J connectivity index is 1.76. The van der Waals surface area contributed by atoms with E-state index >= 15 is 0 Å². The van der Waals surface area contributed by atoms with Gasteiger partial charge in [-0.15, -0.1) is 0 Å². The first kappa shape index (κ1) is 17.5. The number of aromatic nitrogens is 2. The third-order valence-electron chi connectivity index (χ3n) is 5.01. The molecule has 1 aliphatic heterocycles. The van der Waals surface area contributed by atoms with E-state index in [1.165, 1.54) is 0 Å². The Morgan fingerprint density at radius 3 is 2.52 bits per heavy atom. The Labute approximate surface area is 158 Å². The highest BCUT2D eigenvalue weighted by atomic mass is 16.3. The summed E-state index contributed by atoms with van der Waals surface area (Å²) in [7, 11) is 0. The molecule has 2 aromatic carbocycles. The van der Waals surface area contributed by atoms with Gasteiger partial charge in [0.15, 0.2) is 0 Å². The van der Waals surface area contributed by atoms with Crippen molar-refractivity contribution >= 4 is 5.91 Å². The molecule has 1 aliphatic rings. The molecule has 5 heteroatoms. The SMILES string of the molecule is Cc1cccc(-c2nn(-c3ccccc3)cc2C(=O)N2CCC(O)CC2)c1. The van der Waals surface area contributed by atoms with Gasteiger partial charge in [0.25, 0.3) is 5.91 Å². The Hall–Kier alpha value is -2.92. The second-order valence-electron chi connectivity index (χ2n) is 7.06. The average molecular weight is 361 g/mol. The van der Waals surface area contributed by atoms with Crippen molar-refractivity contribution in [2.45, 2.75) is 25.9 Å². The van der Waals surface area contributed by atoms with Crippen LogP contribution in [0, 0.1) is 6.92 Å². The van der Waals surface area contributed by atoms with Crippen molar-refractivity contribution in [2.24, 2.45) is 0 Å². The molecule has 1 fully saturated rings. The summed E-state index contributed by atoms with van der Waals surface area (Å²) in [4.78, 5) is 15.0. The molecule has 1 aromatic heterocycles. The number of benzene rings is 2. The fraction of sp³-hybridized carbons (Fsp3) is 0.273. The molecule has 0 bridgehead atoms. The number of carbonyl (C=O) groups excluding carboxylic acids is 1. The fourth-order valence-corrected chi connectivity index (χ4v) is 3.49. The van der Waals surface area contributed by atoms with Crippen LogP contribution in [-0.2, 0) is 0 Å². The van der Waals surface area contributed by atoms with Crippen LogP contribution in [-0.4, -0.2) is 44.9 Å². The Morgan fingerprint density at radius 1 is 1.07 bits per heavy atom. The Bertz CT molecular complexity index is 941. The lowest BCUT2D eigenvalue weighted by Gasteiger charge is -2.29. The second-order valence-corrected chi connectivity index (χ2v) is 7.06. The first-order valence-corrected chi connectivity index (χ1v) is 9.31. The summed E-state index contributed by atoms with van der Waals surface area (Å²) in [6.07, 6.45) is 2.76. The highest BCUT2D eigenvalue weighted by Gasteiger charge is 2.26. The maximum absolute atomic E-state index is 13.2. The average Bonchev–Trinajstić information content (AvgIpc) is 3.14. The van der Waals surface area contributed by atoms with E-state index in [2.05, 4.69) is 6.07 Å². The van der Waals surface area contributed by atoms with Gasteiger partial charge in [0.05, 0.1) is 17.4 Å². The third-order valence-corrected chi connectivity index (χ3v) is 5.01. The standard InChI is InChI=1S/C22H23N3O2/c1-16-6-5-7-17(14-16)21-20(22(27)24-12-10-19(26)11-13-24)15-25(23-21)18-8-3-2-4-9-18/h2-9,14-15,19,26H,10-13H2,1H3. The minimum atomic E-state index is -0.308. The second kappa shape index (κ2) is 7.37. The van der Waals surface area contributed by atoms with Crippen LogP contribution < -0.4 is 0 Å². The third kappa shape index (κ3) is 3.64. The van der Waals surface area contributed by atoms with Gasteiger partial charge in [-0.2, -0.15) is 5.10 Å². The fourth-order valence-electron chi connectivity index (χ4n) is 3.49. The quantitative estimate of drug-likeness (QED) is 0.777. The first-order valence-electron chi connectivity index (χ1n) is 9.31. The molecule has 3 aromatic rings. The van der Waals surface area contributed by atoms with Crippen LogP contribution in [0.5, 0.6) is 0 Å². The van der Waals surface area contributed by atoms with Crippen LogP contribution in [0.3, 0.4) is 0 Å². The van der Waals surface area contributed by atoms with Crippen LogP contribution in [0.25, 0.3) is 16.9 Å². The van der Waals surface area contributed by atoms with Gasteiger partial charge < -0.3 is 10.0 Å². The monoisotopic (exact) mass is 361 g/mol. The van der Waals surface area contributed by atoms with Gasteiger partial charge in [-0.1, -0.05) is 42.0 Å². The molecule has 27 heavy (non-hydrogen) atoms. The van der Waals surface area contributed by atoms with Crippen LogP contribution in [0.1, 0.15) is 28.8 Å². The summed E-state index contributed by atoms with van der Waals surface area (Å²) in [5.41, 5.74) is 4.27.